The van der Waals surface area contributed by atoms with Crippen LogP contribution in [0.2, 0.25) is 0 Å². The molecule has 1 amide bonds. The number of aryl methyl sites for hydroxylation is 2. The maximum Gasteiger partial charge on any atom is 0.269 e. The van der Waals surface area contributed by atoms with Gasteiger partial charge < -0.3 is 5.32 Å². The summed E-state index contributed by atoms with van der Waals surface area (Å²) < 4.78 is 0. The van der Waals surface area contributed by atoms with Crippen LogP contribution in [0, 0.1) is 24.0 Å². The highest BCUT2D eigenvalue weighted by atomic mass is 32.2. The summed E-state index contributed by atoms with van der Waals surface area (Å²) in [5, 5.41) is 13.2. The zero-order valence-corrected chi connectivity index (χ0v) is 14.0. The first-order chi connectivity index (χ1) is 10.9. The van der Waals surface area contributed by atoms with Crippen LogP contribution in [0.25, 0.3) is 0 Å². The Kier molecular flexibility index (Phi) is 5.39. The maximum absolute atomic E-state index is 12.3. The summed E-state index contributed by atoms with van der Waals surface area (Å²) in [5.41, 5.74) is 3.01. The van der Waals surface area contributed by atoms with Crippen LogP contribution >= 0.6 is 11.8 Å². The van der Waals surface area contributed by atoms with Crippen LogP contribution in [0.4, 0.5) is 11.4 Å². The van der Waals surface area contributed by atoms with Crippen molar-refractivity contribution in [2.45, 2.75) is 30.9 Å². The Hall–Kier alpha value is -2.34. The number of thioether (sulfide) groups is 1. The van der Waals surface area contributed by atoms with Crippen molar-refractivity contribution >= 4 is 29.0 Å². The van der Waals surface area contributed by atoms with E-state index in [1.165, 1.54) is 23.9 Å². The zero-order chi connectivity index (χ0) is 17.0. The molecule has 120 valence electrons. The summed E-state index contributed by atoms with van der Waals surface area (Å²) >= 11 is 1.37. The first-order valence-corrected chi connectivity index (χ1v) is 8.04. The molecule has 2 rings (SSSR count). The van der Waals surface area contributed by atoms with Gasteiger partial charge in [0.2, 0.25) is 5.91 Å². The summed E-state index contributed by atoms with van der Waals surface area (Å²) in [7, 11) is 0. The van der Waals surface area contributed by atoms with E-state index in [4.69, 9.17) is 0 Å². The minimum atomic E-state index is -0.440. The van der Waals surface area contributed by atoms with Crippen molar-refractivity contribution in [3.63, 3.8) is 0 Å². The summed E-state index contributed by atoms with van der Waals surface area (Å²) in [4.78, 5) is 23.3. The van der Waals surface area contributed by atoms with Gasteiger partial charge in [-0.25, -0.2) is 0 Å². The monoisotopic (exact) mass is 330 g/mol. The predicted octanol–water partition coefficient (Wildman–Crippen LogP) is 4.33. The van der Waals surface area contributed by atoms with Gasteiger partial charge in [0.1, 0.15) is 0 Å². The molecule has 0 aliphatic heterocycles. The third-order valence-electron chi connectivity index (χ3n) is 3.37. The van der Waals surface area contributed by atoms with Gasteiger partial charge in [0.15, 0.2) is 0 Å². The second-order valence-electron chi connectivity index (χ2n) is 5.32. The largest absolute Gasteiger partial charge is 0.325 e. The topological polar surface area (TPSA) is 72.2 Å². The molecule has 1 atom stereocenters. The Morgan fingerprint density at radius 2 is 1.83 bits per heavy atom. The quantitative estimate of drug-likeness (QED) is 0.503. The fraction of sp³-hybridized carbons (Fsp3) is 0.235. The summed E-state index contributed by atoms with van der Waals surface area (Å²) in [6.45, 7) is 5.77. The van der Waals surface area contributed by atoms with Crippen LogP contribution in [-0.4, -0.2) is 16.1 Å². The Morgan fingerprint density at radius 3 is 2.39 bits per heavy atom. The lowest BCUT2D eigenvalue weighted by Gasteiger charge is -2.14. The van der Waals surface area contributed by atoms with Crippen molar-refractivity contribution < 1.29 is 9.72 Å². The van der Waals surface area contributed by atoms with Gasteiger partial charge in [-0.15, -0.1) is 11.8 Å². The molecular formula is C17H18N2O3S. The number of hydrogen-bond acceptors (Lipinski definition) is 4. The molecule has 2 aromatic rings. The van der Waals surface area contributed by atoms with Crippen molar-refractivity contribution in [2.75, 3.05) is 5.32 Å². The van der Waals surface area contributed by atoms with Gasteiger partial charge in [0.05, 0.1) is 10.2 Å². The molecule has 0 saturated heterocycles. The average Bonchev–Trinajstić information content (AvgIpc) is 2.50. The van der Waals surface area contributed by atoms with Crippen molar-refractivity contribution in [3.05, 3.63) is 63.7 Å². The number of nitrogens with one attached hydrogen (secondary N) is 1. The minimum Gasteiger partial charge on any atom is -0.325 e. The van der Waals surface area contributed by atoms with Gasteiger partial charge in [-0.1, -0.05) is 17.7 Å². The number of nitro groups is 1. The average molecular weight is 330 g/mol. The number of anilines is 1. The number of nitrogens with zero attached hydrogens (tertiary/aromatic N) is 1. The van der Waals surface area contributed by atoms with Gasteiger partial charge in [-0.05, 0) is 44.5 Å². The van der Waals surface area contributed by atoms with Crippen LogP contribution in [-0.2, 0) is 4.79 Å². The summed E-state index contributed by atoms with van der Waals surface area (Å²) in [6, 6.07) is 12.1. The number of nitro benzene ring substituents is 1. The summed E-state index contributed by atoms with van der Waals surface area (Å²) in [6.07, 6.45) is 0. The first kappa shape index (κ1) is 17.0. The molecule has 0 spiro atoms. The van der Waals surface area contributed by atoms with Gasteiger partial charge >= 0.3 is 0 Å². The van der Waals surface area contributed by atoms with Crippen molar-refractivity contribution in [3.8, 4) is 0 Å². The molecule has 6 heteroatoms. The lowest BCUT2D eigenvalue weighted by molar-refractivity contribution is -0.384. The van der Waals surface area contributed by atoms with Gasteiger partial charge in [-0.2, -0.15) is 0 Å². The molecule has 0 fully saturated rings. The van der Waals surface area contributed by atoms with Crippen LogP contribution in [0.3, 0.4) is 0 Å². The van der Waals surface area contributed by atoms with Crippen molar-refractivity contribution in [1.29, 1.82) is 0 Å². The second kappa shape index (κ2) is 7.28. The maximum atomic E-state index is 12.3. The molecule has 0 radical (unpaired) electrons. The van der Waals surface area contributed by atoms with Crippen LogP contribution in [0.15, 0.2) is 47.4 Å². The van der Waals surface area contributed by atoms with E-state index in [0.717, 1.165) is 21.7 Å². The molecule has 23 heavy (non-hydrogen) atoms. The molecule has 0 heterocycles. The highest BCUT2D eigenvalue weighted by Crippen LogP contribution is 2.26. The summed E-state index contributed by atoms with van der Waals surface area (Å²) in [5.74, 6) is -0.0969. The minimum absolute atomic E-state index is 0.0433. The molecule has 0 aromatic heterocycles. The van der Waals surface area contributed by atoms with E-state index in [9.17, 15) is 14.9 Å². The predicted molar refractivity (Wildman–Crippen MR) is 93.0 cm³/mol. The molecular weight excluding hydrogens is 312 g/mol. The highest BCUT2D eigenvalue weighted by Gasteiger charge is 2.16. The number of rotatable bonds is 5. The zero-order valence-electron chi connectivity index (χ0n) is 13.2. The number of benzene rings is 2. The molecule has 1 N–H and O–H groups in total. The van der Waals surface area contributed by atoms with Crippen LogP contribution in [0.1, 0.15) is 18.1 Å². The molecule has 0 unspecified atom stereocenters. The Morgan fingerprint density at radius 1 is 1.17 bits per heavy atom. The number of amides is 1. The third kappa shape index (κ3) is 4.56. The van der Waals surface area contributed by atoms with Gasteiger partial charge in [0, 0.05) is 22.7 Å². The van der Waals surface area contributed by atoms with E-state index >= 15 is 0 Å². The molecule has 0 saturated carbocycles. The van der Waals surface area contributed by atoms with Crippen molar-refractivity contribution in [2.24, 2.45) is 0 Å². The standard InChI is InChI=1S/C17H18N2O3S/c1-11-4-9-16(12(2)10-11)18-17(20)13(3)23-15-7-5-14(6-8-15)19(21)22/h4-10,13H,1-3H3,(H,18,20)/t13-/m0/s1. The Bertz CT molecular complexity index is 729. The van der Waals surface area contributed by atoms with E-state index in [2.05, 4.69) is 5.32 Å². The Balaban J connectivity index is 2.00. The SMILES string of the molecule is Cc1ccc(NC(=O)[C@H](C)Sc2ccc([N+](=O)[O-])cc2)c(C)c1. The fourth-order valence-corrected chi connectivity index (χ4v) is 2.96. The number of carbonyl (C=O) groups excluding carboxylic acids is 1. The molecule has 0 aliphatic rings. The molecule has 5 nitrogen and oxygen atoms in total. The first-order valence-electron chi connectivity index (χ1n) is 7.16. The van der Waals surface area contributed by atoms with Gasteiger partial charge in [-0.3, -0.25) is 14.9 Å². The van der Waals surface area contributed by atoms with Crippen molar-refractivity contribution in [1.82, 2.24) is 0 Å². The van der Waals surface area contributed by atoms with Crippen LogP contribution in [0.5, 0.6) is 0 Å². The molecule has 0 bridgehead atoms. The van der Waals surface area contributed by atoms with Gasteiger partial charge in [0.25, 0.3) is 5.69 Å². The molecule has 2 aromatic carbocycles. The lowest BCUT2D eigenvalue weighted by Crippen LogP contribution is -2.22. The number of hydrogen-bond donors (Lipinski definition) is 1. The second-order valence-corrected chi connectivity index (χ2v) is 6.73. The highest BCUT2D eigenvalue weighted by molar-refractivity contribution is 8.00. The van der Waals surface area contributed by atoms with E-state index in [1.807, 2.05) is 39.0 Å². The molecule has 0 aliphatic carbocycles. The lowest BCUT2D eigenvalue weighted by atomic mass is 10.1. The van der Waals surface area contributed by atoms with E-state index in [0.29, 0.717) is 0 Å². The number of non-ortho nitro benzene ring substituents is 1. The van der Waals surface area contributed by atoms with Crippen LogP contribution < -0.4 is 5.32 Å². The normalized spacial score (nSPS) is 11.8. The van der Waals surface area contributed by atoms with E-state index in [1.54, 1.807) is 12.1 Å². The fourth-order valence-electron chi connectivity index (χ4n) is 2.09. The van der Waals surface area contributed by atoms with E-state index in [-0.39, 0.29) is 16.8 Å². The smallest absolute Gasteiger partial charge is 0.269 e. The third-order valence-corrected chi connectivity index (χ3v) is 4.48. The number of carbonyl (C=O) groups is 1. The van der Waals surface area contributed by atoms with E-state index < -0.39 is 4.92 Å². The Labute approximate surface area is 139 Å².